The van der Waals surface area contributed by atoms with Gasteiger partial charge in [-0.2, -0.15) is 4.98 Å². The van der Waals surface area contributed by atoms with Gasteiger partial charge in [-0.25, -0.2) is 0 Å². The third kappa shape index (κ3) is 2.03. The number of benzene rings is 1. The number of aromatic hydroxyl groups is 1. The van der Waals surface area contributed by atoms with Crippen molar-refractivity contribution >= 4 is 28.7 Å². The van der Waals surface area contributed by atoms with Crippen molar-refractivity contribution < 1.29 is 9.52 Å². The molecule has 2 aromatic rings. The lowest BCUT2D eigenvalue weighted by Crippen LogP contribution is -2.50. The molecule has 1 aliphatic rings. The van der Waals surface area contributed by atoms with Crippen molar-refractivity contribution in [3.63, 3.8) is 0 Å². The second kappa shape index (κ2) is 4.58. The number of nitrogens with zero attached hydrogens (tertiary/aromatic N) is 2. The predicted octanol–water partition coefficient (Wildman–Crippen LogP) is 2.29. The Morgan fingerprint density at radius 3 is 3.11 bits per heavy atom. The van der Waals surface area contributed by atoms with Gasteiger partial charge in [0.2, 0.25) is 0 Å². The molecule has 1 aliphatic heterocycles. The van der Waals surface area contributed by atoms with E-state index in [1.54, 1.807) is 13.0 Å². The average molecular weight is 282 g/mol. The van der Waals surface area contributed by atoms with Crippen LogP contribution in [0.2, 0.25) is 5.02 Å². The first-order valence-electron chi connectivity index (χ1n) is 6.34. The van der Waals surface area contributed by atoms with Crippen LogP contribution in [0.5, 0.6) is 5.75 Å². The zero-order valence-electron chi connectivity index (χ0n) is 10.9. The van der Waals surface area contributed by atoms with Crippen molar-refractivity contribution in [2.75, 3.05) is 24.5 Å². The van der Waals surface area contributed by atoms with Gasteiger partial charge in [0.1, 0.15) is 11.3 Å². The number of piperazine rings is 1. The molecule has 0 bridgehead atoms. The number of hydrogen-bond donors (Lipinski definition) is 2. The number of anilines is 1. The molecular weight excluding hydrogens is 266 g/mol. The second-order valence-corrected chi connectivity index (χ2v) is 5.33. The van der Waals surface area contributed by atoms with Gasteiger partial charge in [0.25, 0.3) is 6.01 Å². The van der Waals surface area contributed by atoms with E-state index >= 15 is 0 Å². The molecular formula is C13H16ClN3O2. The Morgan fingerprint density at radius 1 is 1.58 bits per heavy atom. The number of rotatable bonds is 1. The van der Waals surface area contributed by atoms with Gasteiger partial charge in [-0.1, -0.05) is 11.6 Å². The number of nitrogens with one attached hydrogen (secondary N) is 1. The molecule has 0 spiro atoms. The molecule has 102 valence electrons. The van der Waals surface area contributed by atoms with E-state index in [2.05, 4.69) is 22.1 Å². The van der Waals surface area contributed by atoms with E-state index in [1.807, 2.05) is 0 Å². The molecule has 2 heterocycles. The fourth-order valence-corrected chi connectivity index (χ4v) is 2.65. The zero-order chi connectivity index (χ0) is 13.6. The lowest BCUT2D eigenvalue weighted by atomic mass is 10.2. The Kier molecular flexibility index (Phi) is 3.03. The minimum Gasteiger partial charge on any atom is -0.506 e. The van der Waals surface area contributed by atoms with Gasteiger partial charge in [-0.15, -0.1) is 0 Å². The van der Waals surface area contributed by atoms with Crippen molar-refractivity contribution in [1.82, 2.24) is 10.3 Å². The average Bonchev–Trinajstić information content (AvgIpc) is 2.80. The minimum absolute atomic E-state index is 0.0604. The number of hydrogen-bond acceptors (Lipinski definition) is 5. The van der Waals surface area contributed by atoms with Crippen LogP contribution in [-0.2, 0) is 0 Å². The Balaban J connectivity index is 2.09. The zero-order valence-corrected chi connectivity index (χ0v) is 11.7. The molecule has 2 N–H and O–H groups in total. The number of oxazole rings is 1. The summed E-state index contributed by atoms with van der Waals surface area (Å²) in [4.78, 5) is 6.61. The predicted molar refractivity (Wildman–Crippen MR) is 75.1 cm³/mol. The molecule has 19 heavy (non-hydrogen) atoms. The monoisotopic (exact) mass is 281 g/mol. The third-order valence-corrected chi connectivity index (χ3v) is 3.86. The van der Waals surface area contributed by atoms with Gasteiger partial charge in [-0.3, -0.25) is 0 Å². The van der Waals surface area contributed by atoms with E-state index in [-0.39, 0.29) is 5.75 Å². The maximum Gasteiger partial charge on any atom is 0.298 e. The first-order valence-corrected chi connectivity index (χ1v) is 6.71. The first-order chi connectivity index (χ1) is 9.08. The van der Waals surface area contributed by atoms with Crippen LogP contribution in [0.4, 0.5) is 6.01 Å². The van der Waals surface area contributed by atoms with Gasteiger partial charge in [0.05, 0.1) is 5.02 Å². The number of aromatic nitrogens is 1. The number of aryl methyl sites for hydroxylation is 1. The lowest BCUT2D eigenvalue weighted by Gasteiger charge is -2.32. The van der Waals surface area contributed by atoms with Crippen molar-refractivity contribution in [3.8, 4) is 5.75 Å². The Labute approximate surface area is 116 Å². The first kappa shape index (κ1) is 12.6. The van der Waals surface area contributed by atoms with E-state index in [0.717, 1.165) is 19.6 Å². The summed E-state index contributed by atoms with van der Waals surface area (Å²) in [7, 11) is 0. The number of halogens is 1. The number of phenolic OH excluding ortho intramolecular Hbond substituents is 1. The summed E-state index contributed by atoms with van der Waals surface area (Å²) in [5.41, 5.74) is 1.91. The summed E-state index contributed by atoms with van der Waals surface area (Å²) in [6, 6.07) is 2.55. The lowest BCUT2D eigenvalue weighted by molar-refractivity contribution is 0.453. The summed E-state index contributed by atoms with van der Waals surface area (Å²) in [5, 5.41) is 13.5. The van der Waals surface area contributed by atoms with E-state index in [1.165, 1.54) is 0 Å². The molecule has 1 saturated heterocycles. The molecule has 3 rings (SSSR count). The van der Waals surface area contributed by atoms with Crippen LogP contribution in [0.25, 0.3) is 11.1 Å². The summed E-state index contributed by atoms with van der Waals surface area (Å²) >= 11 is 5.96. The molecule has 1 fully saturated rings. The van der Waals surface area contributed by atoms with E-state index < -0.39 is 0 Å². The summed E-state index contributed by atoms with van der Waals surface area (Å²) in [6.45, 7) is 6.57. The van der Waals surface area contributed by atoms with Crippen LogP contribution in [-0.4, -0.2) is 35.8 Å². The van der Waals surface area contributed by atoms with Crippen LogP contribution >= 0.6 is 11.6 Å². The summed E-state index contributed by atoms with van der Waals surface area (Å²) in [5.74, 6) is 0.0604. The van der Waals surface area contributed by atoms with Crippen LogP contribution in [0.1, 0.15) is 12.5 Å². The highest BCUT2D eigenvalue weighted by molar-refractivity contribution is 6.32. The molecule has 0 aliphatic carbocycles. The van der Waals surface area contributed by atoms with Crippen molar-refractivity contribution in [2.24, 2.45) is 0 Å². The highest BCUT2D eigenvalue weighted by Gasteiger charge is 2.24. The smallest absolute Gasteiger partial charge is 0.298 e. The Hall–Kier alpha value is -1.46. The normalized spacial score (nSPS) is 20.2. The number of phenols is 1. The van der Waals surface area contributed by atoms with Crippen molar-refractivity contribution in [1.29, 1.82) is 0 Å². The van der Waals surface area contributed by atoms with Gasteiger partial charge in [-0.05, 0) is 19.9 Å². The molecule has 6 heteroatoms. The molecule has 0 unspecified atom stereocenters. The minimum atomic E-state index is 0.0604. The molecule has 1 aromatic heterocycles. The molecule has 0 amide bonds. The quantitative estimate of drug-likeness (QED) is 0.840. The molecule has 1 aromatic carbocycles. The van der Waals surface area contributed by atoms with Crippen LogP contribution in [0.15, 0.2) is 10.5 Å². The molecule has 0 radical (unpaired) electrons. The summed E-state index contributed by atoms with van der Waals surface area (Å²) < 4.78 is 5.81. The topological polar surface area (TPSA) is 61.5 Å². The van der Waals surface area contributed by atoms with E-state index in [0.29, 0.717) is 33.7 Å². The standard InChI is InChI=1S/C13H16ClN3O2/c1-7-6-15-3-4-17(7)13-16-10-5-9(14)11(18)8(2)12(10)19-13/h5,7,15,18H,3-4,6H2,1-2H3/t7-/m0/s1. The number of fused-ring (bicyclic) bond motifs is 1. The van der Waals surface area contributed by atoms with Gasteiger partial charge in [0, 0.05) is 31.2 Å². The van der Waals surface area contributed by atoms with Crippen molar-refractivity contribution in [3.05, 3.63) is 16.7 Å². The Bertz CT molecular complexity index is 626. The van der Waals surface area contributed by atoms with E-state index in [9.17, 15) is 5.11 Å². The maximum atomic E-state index is 9.83. The second-order valence-electron chi connectivity index (χ2n) is 4.92. The molecule has 1 atom stereocenters. The highest BCUT2D eigenvalue weighted by atomic mass is 35.5. The van der Waals surface area contributed by atoms with Crippen LogP contribution in [0, 0.1) is 6.92 Å². The fraction of sp³-hybridized carbons (Fsp3) is 0.462. The Morgan fingerprint density at radius 2 is 2.37 bits per heavy atom. The maximum absolute atomic E-state index is 9.83. The van der Waals surface area contributed by atoms with Crippen LogP contribution in [0.3, 0.4) is 0 Å². The van der Waals surface area contributed by atoms with Crippen LogP contribution < -0.4 is 10.2 Å². The van der Waals surface area contributed by atoms with E-state index in [4.69, 9.17) is 16.0 Å². The van der Waals surface area contributed by atoms with Gasteiger partial charge >= 0.3 is 0 Å². The van der Waals surface area contributed by atoms with Crippen molar-refractivity contribution in [2.45, 2.75) is 19.9 Å². The molecule has 5 nitrogen and oxygen atoms in total. The largest absolute Gasteiger partial charge is 0.506 e. The van der Waals surface area contributed by atoms with Gasteiger partial charge in [0.15, 0.2) is 5.58 Å². The fourth-order valence-electron chi connectivity index (χ4n) is 2.41. The SMILES string of the molecule is Cc1c(O)c(Cl)cc2nc(N3CCNC[C@@H]3C)oc12. The third-order valence-electron chi connectivity index (χ3n) is 3.57. The molecule has 0 saturated carbocycles. The summed E-state index contributed by atoms with van der Waals surface area (Å²) in [6.07, 6.45) is 0. The highest BCUT2D eigenvalue weighted by Crippen LogP contribution is 2.36. The van der Waals surface area contributed by atoms with Gasteiger partial charge < -0.3 is 19.7 Å².